The average molecular weight is 256 g/mol. The number of halogens is 1. The zero-order valence-electron chi connectivity index (χ0n) is 8.89. The maximum absolute atomic E-state index is 3.48. The van der Waals surface area contributed by atoms with Gasteiger partial charge in [-0.1, -0.05) is 41.9 Å². The van der Waals surface area contributed by atoms with Crippen molar-refractivity contribution in [2.45, 2.75) is 32.7 Å². The van der Waals surface area contributed by atoms with Crippen LogP contribution in [0.25, 0.3) is 0 Å². The lowest BCUT2D eigenvalue weighted by molar-refractivity contribution is 0.510. The normalized spacial score (nSPS) is 12.8. The predicted octanol–water partition coefficient (Wildman–Crippen LogP) is 3.38. The van der Waals surface area contributed by atoms with E-state index in [9.17, 15) is 0 Å². The molecule has 0 saturated heterocycles. The third-order valence-corrected chi connectivity index (χ3v) is 2.91. The molecule has 0 aromatic heterocycles. The first kappa shape index (κ1) is 11.7. The van der Waals surface area contributed by atoms with Crippen LogP contribution in [0.15, 0.2) is 28.7 Å². The molecule has 2 heteroatoms. The molecule has 0 spiro atoms. The van der Waals surface area contributed by atoms with E-state index in [0.717, 1.165) is 17.4 Å². The molecule has 0 radical (unpaired) electrons. The van der Waals surface area contributed by atoms with Gasteiger partial charge in [-0.15, -0.1) is 0 Å². The van der Waals surface area contributed by atoms with Crippen molar-refractivity contribution in [1.29, 1.82) is 0 Å². The molecule has 0 aliphatic rings. The maximum atomic E-state index is 3.48. The van der Waals surface area contributed by atoms with Gasteiger partial charge < -0.3 is 5.32 Å². The van der Waals surface area contributed by atoms with Crippen molar-refractivity contribution in [3.63, 3.8) is 0 Å². The summed E-state index contributed by atoms with van der Waals surface area (Å²) in [4.78, 5) is 0. The van der Waals surface area contributed by atoms with Gasteiger partial charge in [0, 0.05) is 10.5 Å². The molecule has 1 aromatic rings. The van der Waals surface area contributed by atoms with Gasteiger partial charge in [-0.2, -0.15) is 0 Å². The molecule has 0 aliphatic heterocycles. The summed E-state index contributed by atoms with van der Waals surface area (Å²) < 4.78 is 1.15. The lowest BCUT2D eigenvalue weighted by Gasteiger charge is -2.15. The van der Waals surface area contributed by atoms with Crippen molar-refractivity contribution in [2.75, 3.05) is 6.54 Å². The van der Waals surface area contributed by atoms with Gasteiger partial charge in [-0.05, 0) is 37.1 Å². The number of likely N-dealkylation sites (N-methyl/N-ethyl adjacent to an activating group) is 1. The van der Waals surface area contributed by atoms with Gasteiger partial charge >= 0.3 is 0 Å². The van der Waals surface area contributed by atoms with Gasteiger partial charge in [0.15, 0.2) is 0 Å². The van der Waals surface area contributed by atoms with Crippen molar-refractivity contribution in [3.05, 3.63) is 34.3 Å². The Labute approximate surface area is 95.0 Å². The van der Waals surface area contributed by atoms with Crippen molar-refractivity contribution < 1.29 is 0 Å². The van der Waals surface area contributed by atoms with E-state index in [-0.39, 0.29) is 0 Å². The molecule has 1 nitrogen and oxygen atoms in total. The molecule has 78 valence electrons. The molecular formula is C12H18BrN. The van der Waals surface area contributed by atoms with Crippen LogP contribution in [0.2, 0.25) is 0 Å². The van der Waals surface area contributed by atoms with Gasteiger partial charge in [0.25, 0.3) is 0 Å². The van der Waals surface area contributed by atoms with Crippen molar-refractivity contribution in [2.24, 2.45) is 0 Å². The summed E-state index contributed by atoms with van der Waals surface area (Å²) in [5, 5.41) is 3.48. The largest absolute Gasteiger partial charge is 0.314 e. The highest BCUT2D eigenvalue weighted by atomic mass is 79.9. The molecule has 1 rings (SSSR count). The van der Waals surface area contributed by atoms with Crippen molar-refractivity contribution in [1.82, 2.24) is 5.32 Å². The van der Waals surface area contributed by atoms with Gasteiger partial charge in [0.05, 0.1) is 0 Å². The van der Waals surface area contributed by atoms with Crippen LogP contribution in [-0.4, -0.2) is 12.6 Å². The van der Waals surface area contributed by atoms with E-state index in [2.05, 4.69) is 59.4 Å². The lowest BCUT2D eigenvalue weighted by Crippen LogP contribution is -2.30. The number of benzene rings is 1. The predicted molar refractivity (Wildman–Crippen MR) is 65.6 cm³/mol. The zero-order valence-corrected chi connectivity index (χ0v) is 10.5. The maximum Gasteiger partial charge on any atom is 0.0175 e. The fraction of sp³-hybridized carbons (Fsp3) is 0.500. The van der Waals surface area contributed by atoms with E-state index in [1.54, 1.807) is 0 Å². The molecule has 0 amide bonds. The van der Waals surface area contributed by atoms with E-state index >= 15 is 0 Å². The van der Waals surface area contributed by atoms with Crippen LogP contribution >= 0.6 is 15.9 Å². The highest BCUT2D eigenvalue weighted by molar-refractivity contribution is 9.10. The minimum atomic E-state index is 0.612. The SMILES string of the molecule is CCNC(CC)Cc1ccc(Br)cc1. The number of nitrogens with one attached hydrogen (secondary N) is 1. The second-order valence-corrected chi connectivity index (χ2v) is 4.41. The van der Waals surface area contributed by atoms with Gasteiger partial charge in [0.1, 0.15) is 0 Å². The van der Waals surface area contributed by atoms with Gasteiger partial charge in [0.2, 0.25) is 0 Å². The summed E-state index contributed by atoms with van der Waals surface area (Å²) in [5.74, 6) is 0. The van der Waals surface area contributed by atoms with Crippen LogP contribution < -0.4 is 5.32 Å². The van der Waals surface area contributed by atoms with E-state index in [1.807, 2.05) is 0 Å². The van der Waals surface area contributed by atoms with E-state index in [1.165, 1.54) is 12.0 Å². The minimum Gasteiger partial charge on any atom is -0.314 e. The Kier molecular flexibility index (Phi) is 5.20. The number of hydrogen-bond donors (Lipinski definition) is 1. The Balaban J connectivity index is 2.53. The Morgan fingerprint density at radius 3 is 2.36 bits per heavy atom. The Morgan fingerprint density at radius 1 is 1.21 bits per heavy atom. The van der Waals surface area contributed by atoms with E-state index < -0.39 is 0 Å². The van der Waals surface area contributed by atoms with Crippen LogP contribution in [0.1, 0.15) is 25.8 Å². The highest BCUT2D eigenvalue weighted by Gasteiger charge is 2.04. The lowest BCUT2D eigenvalue weighted by atomic mass is 10.0. The van der Waals surface area contributed by atoms with Crippen molar-refractivity contribution >= 4 is 15.9 Å². The molecule has 0 fully saturated rings. The van der Waals surface area contributed by atoms with Crippen molar-refractivity contribution in [3.8, 4) is 0 Å². The first-order valence-corrected chi connectivity index (χ1v) is 6.03. The molecule has 14 heavy (non-hydrogen) atoms. The average Bonchev–Trinajstić information content (AvgIpc) is 2.20. The molecule has 1 atom stereocenters. The molecular weight excluding hydrogens is 238 g/mol. The van der Waals surface area contributed by atoms with Crippen LogP contribution in [0.5, 0.6) is 0 Å². The topological polar surface area (TPSA) is 12.0 Å². The Hall–Kier alpha value is -0.340. The van der Waals surface area contributed by atoms with Crippen LogP contribution in [0.3, 0.4) is 0 Å². The zero-order chi connectivity index (χ0) is 10.4. The molecule has 0 aliphatic carbocycles. The highest BCUT2D eigenvalue weighted by Crippen LogP contribution is 2.12. The van der Waals surface area contributed by atoms with Gasteiger partial charge in [-0.3, -0.25) is 0 Å². The van der Waals surface area contributed by atoms with Crippen LogP contribution in [0, 0.1) is 0 Å². The second kappa shape index (κ2) is 6.20. The summed E-state index contributed by atoms with van der Waals surface area (Å²) in [5.41, 5.74) is 1.40. The monoisotopic (exact) mass is 255 g/mol. The molecule has 0 heterocycles. The molecule has 1 unspecified atom stereocenters. The Bertz CT molecular complexity index is 256. The summed E-state index contributed by atoms with van der Waals surface area (Å²) in [6.07, 6.45) is 2.31. The van der Waals surface area contributed by atoms with E-state index in [4.69, 9.17) is 0 Å². The first-order chi connectivity index (χ1) is 6.76. The van der Waals surface area contributed by atoms with Crippen LogP contribution in [-0.2, 0) is 6.42 Å². The first-order valence-electron chi connectivity index (χ1n) is 5.24. The molecule has 0 bridgehead atoms. The Morgan fingerprint density at radius 2 is 1.86 bits per heavy atom. The number of hydrogen-bond acceptors (Lipinski definition) is 1. The van der Waals surface area contributed by atoms with Gasteiger partial charge in [-0.25, -0.2) is 0 Å². The summed E-state index contributed by atoms with van der Waals surface area (Å²) in [7, 11) is 0. The van der Waals surface area contributed by atoms with Crippen LogP contribution in [0.4, 0.5) is 0 Å². The fourth-order valence-electron chi connectivity index (χ4n) is 1.55. The molecule has 0 saturated carbocycles. The fourth-order valence-corrected chi connectivity index (χ4v) is 1.82. The summed E-state index contributed by atoms with van der Waals surface area (Å²) >= 11 is 3.44. The summed E-state index contributed by atoms with van der Waals surface area (Å²) in [6, 6.07) is 9.19. The molecule has 1 N–H and O–H groups in total. The standard InChI is InChI=1S/C12H18BrN/c1-3-12(14-4-2)9-10-5-7-11(13)8-6-10/h5-8,12,14H,3-4,9H2,1-2H3. The molecule has 1 aromatic carbocycles. The summed E-state index contributed by atoms with van der Waals surface area (Å²) in [6.45, 7) is 5.44. The number of rotatable bonds is 5. The second-order valence-electron chi connectivity index (χ2n) is 3.49. The van der Waals surface area contributed by atoms with E-state index in [0.29, 0.717) is 6.04 Å². The quantitative estimate of drug-likeness (QED) is 0.851. The third kappa shape index (κ3) is 3.81. The smallest absolute Gasteiger partial charge is 0.0175 e. The third-order valence-electron chi connectivity index (χ3n) is 2.38. The minimum absolute atomic E-state index is 0.612.